The van der Waals surface area contributed by atoms with Gasteiger partial charge in [0, 0.05) is 17.6 Å². The van der Waals surface area contributed by atoms with Crippen molar-refractivity contribution >= 4 is 32.0 Å². The van der Waals surface area contributed by atoms with E-state index in [0.717, 1.165) is 10.0 Å². The number of hydrogen-bond donors (Lipinski definition) is 1. The lowest BCUT2D eigenvalue weighted by molar-refractivity contribution is 0.0974. The number of benzene rings is 2. The van der Waals surface area contributed by atoms with Crippen LogP contribution in [0.1, 0.15) is 23.0 Å². The van der Waals surface area contributed by atoms with Gasteiger partial charge in [-0.05, 0) is 23.8 Å². The molecule has 10 heteroatoms. The predicted molar refractivity (Wildman–Crippen MR) is 108 cm³/mol. The summed E-state index contributed by atoms with van der Waals surface area (Å²) in [6.07, 6.45) is 1.38. The van der Waals surface area contributed by atoms with Gasteiger partial charge in [-0.25, -0.2) is 9.40 Å². The van der Waals surface area contributed by atoms with E-state index in [2.05, 4.69) is 31.0 Å². The first kappa shape index (κ1) is 20.2. The average Bonchev–Trinajstić information content (AvgIpc) is 3.17. The summed E-state index contributed by atoms with van der Waals surface area (Å²) in [5, 5.41) is 7.67. The van der Waals surface area contributed by atoms with Crippen LogP contribution < -0.4 is 4.72 Å². The van der Waals surface area contributed by atoms with Gasteiger partial charge in [-0.15, -0.1) is 5.10 Å². The van der Waals surface area contributed by atoms with Crippen LogP contribution in [-0.2, 0) is 16.8 Å². The van der Waals surface area contributed by atoms with E-state index >= 15 is 0 Å². The van der Waals surface area contributed by atoms with Crippen LogP contribution >= 0.6 is 15.9 Å². The fourth-order valence-electron chi connectivity index (χ4n) is 2.50. The van der Waals surface area contributed by atoms with Gasteiger partial charge in [0.05, 0.1) is 11.9 Å². The zero-order valence-electron chi connectivity index (χ0n) is 15.0. The van der Waals surface area contributed by atoms with E-state index in [4.69, 9.17) is 0 Å². The smallest absolute Gasteiger partial charge is 0.266 e. The summed E-state index contributed by atoms with van der Waals surface area (Å²) in [5.41, 5.74) is 1.41. The molecule has 3 rings (SSSR count). The summed E-state index contributed by atoms with van der Waals surface area (Å²) in [5.74, 6) is -0.840. The highest BCUT2D eigenvalue weighted by atomic mass is 79.9. The van der Waals surface area contributed by atoms with Crippen LogP contribution in [0.2, 0.25) is 0 Å². The van der Waals surface area contributed by atoms with Crippen LogP contribution in [0.4, 0.5) is 0 Å². The molecule has 0 saturated carbocycles. The maximum Gasteiger partial charge on any atom is 0.304 e. The second kappa shape index (κ2) is 8.63. The Hall–Kier alpha value is -2.56. The topological polar surface area (TPSA) is 97.2 Å². The molecule has 8 nitrogen and oxygen atoms in total. The summed E-state index contributed by atoms with van der Waals surface area (Å²) in [4.78, 5) is 12.4. The lowest BCUT2D eigenvalue weighted by atomic mass is 10.2. The maximum atomic E-state index is 12.6. The molecule has 0 radical (unpaired) electrons. The Morgan fingerprint density at radius 2 is 1.93 bits per heavy atom. The van der Waals surface area contributed by atoms with Crippen LogP contribution in [0.3, 0.4) is 0 Å². The van der Waals surface area contributed by atoms with E-state index in [0.29, 0.717) is 5.69 Å². The zero-order valence-corrected chi connectivity index (χ0v) is 17.4. The summed E-state index contributed by atoms with van der Waals surface area (Å²) in [6.45, 7) is 2.07. The molecule has 0 aliphatic heterocycles. The molecule has 1 heterocycles. The Bertz CT molecular complexity index is 1070. The largest absolute Gasteiger partial charge is 0.304 e. The number of carbonyl (C=O) groups is 1. The number of halogens is 1. The molecule has 146 valence electrons. The van der Waals surface area contributed by atoms with E-state index in [9.17, 15) is 13.2 Å². The van der Waals surface area contributed by atoms with Gasteiger partial charge in [-0.3, -0.25) is 4.79 Å². The van der Waals surface area contributed by atoms with Gasteiger partial charge in [0.25, 0.3) is 5.91 Å². The van der Waals surface area contributed by atoms with Gasteiger partial charge < -0.3 is 0 Å². The van der Waals surface area contributed by atoms with E-state index < -0.39 is 16.1 Å². The second-order valence-corrected chi connectivity index (χ2v) is 8.46. The lowest BCUT2D eigenvalue weighted by Gasteiger charge is -2.20. The van der Waals surface area contributed by atoms with E-state index in [1.807, 2.05) is 42.5 Å². The number of nitrogens with one attached hydrogen (secondary N) is 1. The Morgan fingerprint density at radius 1 is 1.18 bits per heavy atom. The molecule has 0 spiro atoms. The molecule has 0 fully saturated rings. The highest BCUT2D eigenvalue weighted by molar-refractivity contribution is 9.10. The number of aromatic nitrogens is 3. The molecule has 0 atom stereocenters. The Kier molecular flexibility index (Phi) is 6.22. The van der Waals surface area contributed by atoms with Gasteiger partial charge in [0.2, 0.25) is 0 Å². The Labute approximate surface area is 171 Å². The first-order valence-corrected chi connectivity index (χ1v) is 10.7. The molecule has 0 unspecified atom stereocenters. The number of rotatable bonds is 7. The summed E-state index contributed by atoms with van der Waals surface area (Å²) in [6, 6.07) is 16.4. The van der Waals surface area contributed by atoms with Crippen LogP contribution in [-0.4, -0.2) is 40.2 Å². The number of nitrogens with zero attached hydrogens (tertiary/aromatic N) is 4. The standard InChI is InChI=1S/C18H18BrN5O3S/c1-2-23(12-14-7-4-3-5-8-14)28(26,27)21-18(25)17-13-24(22-20-17)16-10-6-9-15(19)11-16/h3-11,13H,2,12H2,1H3,(H,21,25). The van der Waals surface area contributed by atoms with Crippen molar-refractivity contribution in [1.82, 2.24) is 24.0 Å². The van der Waals surface area contributed by atoms with Gasteiger partial charge in [-0.2, -0.15) is 12.7 Å². The van der Waals surface area contributed by atoms with Crippen molar-refractivity contribution < 1.29 is 13.2 Å². The summed E-state index contributed by atoms with van der Waals surface area (Å²) < 4.78 is 30.7. The number of amides is 1. The average molecular weight is 464 g/mol. The molecular weight excluding hydrogens is 446 g/mol. The minimum absolute atomic E-state index is 0.0979. The maximum absolute atomic E-state index is 12.6. The van der Waals surface area contributed by atoms with E-state index in [1.54, 1.807) is 19.1 Å². The molecule has 0 saturated heterocycles. The van der Waals surface area contributed by atoms with Gasteiger partial charge in [0.15, 0.2) is 5.69 Å². The molecule has 0 bridgehead atoms. The number of carbonyl (C=O) groups excluding carboxylic acids is 1. The third kappa shape index (κ3) is 4.83. The first-order valence-electron chi connectivity index (χ1n) is 8.43. The summed E-state index contributed by atoms with van der Waals surface area (Å²) >= 11 is 3.36. The number of hydrogen-bond acceptors (Lipinski definition) is 5. The van der Waals surface area contributed by atoms with Crippen molar-refractivity contribution in [3.63, 3.8) is 0 Å². The van der Waals surface area contributed by atoms with E-state index in [1.165, 1.54) is 15.2 Å². The predicted octanol–water partition coefficient (Wildman–Crippen LogP) is 2.53. The highest BCUT2D eigenvalue weighted by Crippen LogP contribution is 2.15. The molecular formula is C18H18BrN5O3S. The molecule has 28 heavy (non-hydrogen) atoms. The normalized spacial score (nSPS) is 11.5. The van der Waals surface area contributed by atoms with Crippen LogP contribution in [0, 0.1) is 0 Å². The van der Waals surface area contributed by atoms with Gasteiger partial charge in [-0.1, -0.05) is 64.5 Å². The highest BCUT2D eigenvalue weighted by Gasteiger charge is 2.25. The van der Waals surface area contributed by atoms with Crippen LogP contribution in [0.5, 0.6) is 0 Å². The van der Waals surface area contributed by atoms with Crippen molar-refractivity contribution in [3.05, 3.63) is 76.5 Å². The second-order valence-electron chi connectivity index (χ2n) is 5.88. The Balaban J connectivity index is 1.74. The minimum Gasteiger partial charge on any atom is -0.266 e. The molecule has 1 N–H and O–H groups in total. The van der Waals surface area contributed by atoms with Crippen LogP contribution in [0.15, 0.2) is 65.3 Å². The van der Waals surface area contributed by atoms with Crippen LogP contribution in [0.25, 0.3) is 5.69 Å². The van der Waals surface area contributed by atoms with Crippen molar-refractivity contribution in [2.24, 2.45) is 0 Å². The van der Waals surface area contributed by atoms with Crippen molar-refractivity contribution in [2.75, 3.05) is 6.54 Å². The lowest BCUT2D eigenvalue weighted by Crippen LogP contribution is -2.43. The molecule has 0 aliphatic carbocycles. The quantitative estimate of drug-likeness (QED) is 0.580. The minimum atomic E-state index is -4.03. The van der Waals surface area contributed by atoms with Crippen molar-refractivity contribution in [1.29, 1.82) is 0 Å². The third-order valence-electron chi connectivity index (χ3n) is 3.91. The van der Waals surface area contributed by atoms with Gasteiger partial charge in [0.1, 0.15) is 0 Å². The fraction of sp³-hybridized carbons (Fsp3) is 0.167. The van der Waals surface area contributed by atoms with Crippen molar-refractivity contribution in [2.45, 2.75) is 13.5 Å². The van der Waals surface area contributed by atoms with Gasteiger partial charge >= 0.3 is 10.2 Å². The fourth-order valence-corrected chi connectivity index (χ4v) is 4.01. The Morgan fingerprint density at radius 3 is 2.61 bits per heavy atom. The van der Waals surface area contributed by atoms with E-state index in [-0.39, 0.29) is 18.8 Å². The monoisotopic (exact) mass is 463 g/mol. The third-order valence-corrected chi connectivity index (χ3v) is 5.92. The first-order chi connectivity index (χ1) is 13.4. The SMILES string of the molecule is CCN(Cc1ccccc1)S(=O)(=O)NC(=O)c1cn(-c2cccc(Br)c2)nn1. The van der Waals surface area contributed by atoms with Crippen molar-refractivity contribution in [3.8, 4) is 5.69 Å². The zero-order chi connectivity index (χ0) is 20.1. The molecule has 2 aromatic carbocycles. The summed E-state index contributed by atoms with van der Waals surface area (Å²) in [7, 11) is -4.03. The molecule has 3 aromatic rings. The molecule has 1 aromatic heterocycles. The molecule has 0 aliphatic rings. The molecule has 1 amide bonds.